The molecule has 0 fully saturated rings. The van der Waals surface area contributed by atoms with E-state index in [4.69, 9.17) is 58.0 Å². The lowest BCUT2D eigenvalue weighted by atomic mass is 9.95. The molecule has 16 heavy (non-hydrogen) atoms. The van der Waals surface area contributed by atoms with Crippen LogP contribution in [0.15, 0.2) is 0 Å². The Morgan fingerprint density at radius 3 is 1.25 bits per heavy atom. The molecule has 0 radical (unpaired) electrons. The molecule has 0 aliphatic heterocycles. The van der Waals surface area contributed by atoms with E-state index in [9.17, 15) is 0 Å². The van der Waals surface area contributed by atoms with E-state index in [2.05, 4.69) is 0 Å². The number of hydrogen-bond donors (Lipinski definition) is 0. The summed E-state index contributed by atoms with van der Waals surface area (Å²) < 4.78 is 0. The van der Waals surface area contributed by atoms with Crippen LogP contribution in [0.4, 0.5) is 0 Å². The van der Waals surface area contributed by atoms with Crippen LogP contribution < -0.4 is 0 Å². The van der Waals surface area contributed by atoms with Gasteiger partial charge in [0.15, 0.2) is 0 Å². The molecule has 0 aromatic heterocycles. The van der Waals surface area contributed by atoms with Crippen molar-refractivity contribution in [2.75, 3.05) is 0 Å². The summed E-state index contributed by atoms with van der Waals surface area (Å²) in [6, 6.07) is 0. The Labute approximate surface area is 121 Å². The van der Waals surface area contributed by atoms with Gasteiger partial charge in [0, 0.05) is 23.5 Å². The first-order chi connectivity index (χ1) is 7.62. The average Bonchev–Trinajstić information content (AvgIpc) is 2.30. The van der Waals surface area contributed by atoms with Crippen LogP contribution in [0.2, 0.25) is 5.02 Å². The third kappa shape index (κ3) is 2.57. The summed E-state index contributed by atoms with van der Waals surface area (Å²) in [7, 11) is 0. The van der Waals surface area contributed by atoms with E-state index in [-0.39, 0.29) is 0 Å². The van der Waals surface area contributed by atoms with E-state index >= 15 is 0 Å². The molecule has 0 unspecified atom stereocenters. The number of rotatable bonds is 4. The van der Waals surface area contributed by atoms with Crippen LogP contribution in [0.25, 0.3) is 0 Å². The molecule has 0 N–H and O–H groups in total. The van der Waals surface area contributed by atoms with Crippen molar-refractivity contribution in [2.24, 2.45) is 0 Å². The van der Waals surface area contributed by atoms with Gasteiger partial charge < -0.3 is 0 Å². The van der Waals surface area contributed by atoms with Crippen LogP contribution in [0, 0.1) is 6.92 Å². The second-order valence-electron chi connectivity index (χ2n) is 3.39. The van der Waals surface area contributed by atoms with Crippen LogP contribution in [-0.2, 0) is 23.5 Å². The third-order valence-corrected chi connectivity index (χ3v) is 4.22. The summed E-state index contributed by atoms with van der Waals surface area (Å²) in [6.07, 6.45) is 0. The summed E-state index contributed by atoms with van der Waals surface area (Å²) in [4.78, 5) is 0. The molecule has 0 amide bonds. The first-order valence-corrected chi connectivity index (χ1v) is 7.19. The summed E-state index contributed by atoms with van der Waals surface area (Å²) in [6.45, 7) is 1.97. The molecule has 1 rings (SSSR count). The quantitative estimate of drug-likeness (QED) is 0.633. The van der Waals surface area contributed by atoms with E-state index in [0.29, 0.717) is 28.5 Å². The Balaban J connectivity index is 3.60. The highest BCUT2D eigenvalue weighted by atomic mass is 35.5. The Kier molecular flexibility index (Phi) is 6.04. The van der Waals surface area contributed by atoms with Gasteiger partial charge in [-0.15, -0.1) is 46.4 Å². The fraction of sp³-hybridized carbons (Fsp3) is 0.455. The summed E-state index contributed by atoms with van der Waals surface area (Å²) >= 11 is 29.9. The highest BCUT2D eigenvalue weighted by molar-refractivity contribution is 6.34. The van der Waals surface area contributed by atoms with Gasteiger partial charge in [-0.2, -0.15) is 0 Å². The third-order valence-electron chi connectivity index (χ3n) is 2.70. The van der Waals surface area contributed by atoms with Crippen LogP contribution in [0.5, 0.6) is 0 Å². The lowest BCUT2D eigenvalue weighted by Crippen LogP contribution is -2.04. The van der Waals surface area contributed by atoms with E-state index in [1.807, 2.05) is 6.92 Å². The minimum atomic E-state index is 0.328. The maximum atomic E-state index is 6.26. The van der Waals surface area contributed by atoms with E-state index in [1.54, 1.807) is 0 Å². The molecule has 0 saturated heterocycles. The molecule has 0 aliphatic carbocycles. The number of hydrogen-bond acceptors (Lipinski definition) is 0. The Hall–Kier alpha value is 0.670. The van der Waals surface area contributed by atoms with Gasteiger partial charge in [0.2, 0.25) is 0 Å². The molecule has 0 bridgehead atoms. The second kappa shape index (κ2) is 6.56. The minimum absolute atomic E-state index is 0.328. The highest BCUT2D eigenvalue weighted by Crippen LogP contribution is 2.35. The standard InChI is InChI=1S/C11H11Cl5/c1-6-7(2-12)9(4-14)11(16)10(5-15)8(6)3-13/h2-5H2,1H3. The zero-order valence-electron chi connectivity index (χ0n) is 8.72. The topological polar surface area (TPSA) is 0 Å². The lowest BCUT2D eigenvalue weighted by Gasteiger charge is -2.18. The van der Waals surface area contributed by atoms with Gasteiger partial charge in [-0.1, -0.05) is 11.6 Å². The van der Waals surface area contributed by atoms with E-state index in [0.717, 1.165) is 27.8 Å². The first-order valence-electron chi connectivity index (χ1n) is 4.67. The van der Waals surface area contributed by atoms with Gasteiger partial charge in [-0.3, -0.25) is 0 Å². The highest BCUT2D eigenvalue weighted by Gasteiger charge is 2.18. The monoisotopic (exact) mass is 318 g/mol. The van der Waals surface area contributed by atoms with Gasteiger partial charge in [0.05, 0.1) is 5.02 Å². The van der Waals surface area contributed by atoms with Gasteiger partial charge in [0.25, 0.3) is 0 Å². The van der Waals surface area contributed by atoms with Crippen molar-refractivity contribution in [3.63, 3.8) is 0 Å². The minimum Gasteiger partial charge on any atom is -0.122 e. The van der Waals surface area contributed by atoms with Gasteiger partial charge in [0.1, 0.15) is 0 Å². The Morgan fingerprint density at radius 1 is 0.688 bits per heavy atom. The molecular weight excluding hydrogens is 309 g/mol. The zero-order chi connectivity index (χ0) is 12.3. The van der Waals surface area contributed by atoms with Crippen LogP contribution in [-0.4, -0.2) is 0 Å². The molecule has 0 heterocycles. The second-order valence-corrected chi connectivity index (χ2v) is 4.83. The van der Waals surface area contributed by atoms with Crippen molar-refractivity contribution in [1.82, 2.24) is 0 Å². The molecule has 1 aromatic carbocycles. The van der Waals surface area contributed by atoms with Gasteiger partial charge in [-0.05, 0) is 34.7 Å². The van der Waals surface area contributed by atoms with E-state index < -0.39 is 0 Å². The molecule has 0 atom stereocenters. The van der Waals surface area contributed by atoms with Gasteiger partial charge >= 0.3 is 0 Å². The predicted molar refractivity (Wildman–Crippen MR) is 74.4 cm³/mol. The van der Waals surface area contributed by atoms with Crippen molar-refractivity contribution in [1.29, 1.82) is 0 Å². The fourth-order valence-electron chi connectivity index (χ4n) is 1.72. The number of benzene rings is 1. The summed E-state index contributed by atoms with van der Waals surface area (Å²) in [5.41, 5.74) is 4.69. The molecule has 0 spiro atoms. The maximum Gasteiger partial charge on any atom is 0.0500 e. The normalized spacial score (nSPS) is 10.9. The number of alkyl halides is 4. The Bertz CT molecular complexity index is 316. The molecule has 0 aliphatic rings. The average molecular weight is 320 g/mol. The van der Waals surface area contributed by atoms with Crippen molar-refractivity contribution in [2.45, 2.75) is 30.4 Å². The largest absolute Gasteiger partial charge is 0.122 e. The van der Waals surface area contributed by atoms with Crippen LogP contribution in [0.3, 0.4) is 0 Å². The van der Waals surface area contributed by atoms with Crippen LogP contribution in [0.1, 0.15) is 27.8 Å². The fourth-order valence-corrected chi connectivity index (χ4v) is 3.53. The molecular formula is C11H11Cl5. The molecule has 90 valence electrons. The first kappa shape index (κ1) is 14.7. The Morgan fingerprint density at radius 2 is 1.00 bits per heavy atom. The predicted octanol–water partition coefficient (Wildman–Crippen LogP) is 5.60. The molecule has 0 saturated carbocycles. The zero-order valence-corrected chi connectivity index (χ0v) is 12.5. The molecule has 0 nitrogen and oxygen atoms in total. The molecule has 1 aromatic rings. The maximum absolute atomic E-state index is 6.26. The van der Waals surface area contributed by atoms with Crippen molar-refractivity contribution in [3.8, 4) is 0 Å². The smallest absolute Gasteiger partial charge is 0.0500 e. The van der Waals surface area contributed by atoms with Crippen molar-refractivity contribution < 1.29 is 0 Å². The van der Waals surface area contributed by atoms with Crippen molar-refractivity contribution >= 4 is 58.0 Å². The van der Waals surface area contributed by atoms with Crippen molar-refractivity contribution in [3.05, 3.63) is 32.8 Å². The summed E-state index contributed by atoms with van der Waals surface area (Å²) in [5.74, 6) is 1.41. The van der Waals surface area contributed by atoms with E-state index in [1.165, 1.54) is 0 Å². The molecule has 5 heteroatoms. The van der Waals surface area contributed by atoms with Crippen LogP contribution >= 0.6 is 58.0 Å². The SMILES string of the molecule is Cc1c(CCl)c(CCl)c(Cl)c(CCl)c1CCl. The van der Waals surface area contributed by atoms with Gasteiger partial charge in [-0.25, -0.2) is 0 Å². The summed E-state index contributed by atoms with van der Waals surface area (Å²) in [5, 5.41) is 0.599. The lowest BCUT2D eigenvalue weighted by molar-refractivity contribution is 1.12. The number of halogens is 5.